The van der Waals surface area contributed by atoms with Crippen LogP contribution in [0, 0.1) is 13.8 Å². The van der Waals surface area contributed by atoms with Crippen molar-refractivity contribution in [1.82, 2.24) is 24.5 Å². The van der Waals surface area contributed by atoms with Crippen LogP contribution in [0.25, 0.3) is 0 Å². The smallest absolute Gasteiger partial charge is 0.267 e. The highest BCUT2D eigenvalue weighted by Gasteiger charge is 2.28. The number of carbonyl (C=O) groups is 2. The second-order valence-corrected chi connectivity index (χ2v) is 8.41. The lowest BCUT2D eigenvalue weighted by molar-refractivity contribution is -0.118. The molecule has 0 saturated heterocycles. The molecule has 2 aromatic heterocycles. The molecule has 1 aromatic carbocycles. The molecule has 0 aliphatic carbocycles. The number of rotatable bonds is 6. The maximum absolute atomic E-state index is 12.7. The largest absolute Gasteiger partial charge is 0.333 e. The van der Waals surface area contributed by atoms with E-state index in [1.807, 2.05) is 25.1 Å². The molecule has 1 aliphatic heterocycles. The fraction of sp³-hybridized carbons (Fsp3) is 0.364. The summed E-state index contributed by atoms with van der Waals surface area (Å²) in [7, 11) is 1.71. The van der Waals surface area contributed by atoms with E-state index in [0.717, 1.165) is 29.2 Å². The van der Waals surface area contributed by atoms with Crippen LogP contribution in [-0.2, 0) is 24.2 Å². The number of carbonyl (C=O) groups excluding carboxylic acids is 2. The number of nitrogens with zero attached hydrogens (tertiary/aromatic N) is 6. The van der Waals surface area contributed by atoms with E-state index in [1.165, 1.54) is 5.56 Å². The van der Waals surface area contributed by atoms with Gasteiger partial charge in [0.1, 0.15) is 16.5 Å². The highest BCUT2D eigenvalue weighted by Crippen LogP contribution is 2.28. The summed E-state index contributed by atoms with van der Waals surface area (Å²) in [5.41, 5.74) is 3.65. The maximum Gasteiger partial charge on any atom is 0.267 e. The summed E-state index contributed by atoms with van der Waals surface area (Å²) in [4.78, 5) is 38.6. The number of aryl methyl sites for hydroxylation is 2. The van der Waals surface area contributed by atoms with Gasteiger partial charge in [-0.2, -0.15) is 0 Å². The van der Waals surface area contributed by atoms with Crippen molar-refractivity contribution in [3.05, 3.63) is 63.5 Å². The van der Waals surface area contributed by atoms with Crippen molar-refractivity contribution in [3.8, 4) is 0 Å². The van der Waals surface area contributed by atoms with Gasteiger partial charge in [-0.15, -0.1) is 5.10 Å². The molecule has 0 N–H and O–H groups in total. The molecule has 0 spiro atoms. The number of hydrogen-bond donors (Lipinski definition) is 0. The van der Waals surface area contributed by atoms with Gasteiger partial charge in [-0.05, 0) is 43.8 Å². The standard InChI is InChI=1S/C22H24N6O2S/c1-14-17-9-10-19(29)28(12-11-16-7-5-4-6-8-16)21(17)24-18(23-14)13-27(3)22(30)20-15(2)25-26-31-20/h4-8H,9-13H2,1-3H3. The predicted molar refractivity (Wildman–Crippen MR) is 118 cm³/mol. The summed E-state index contributed by atoms with van der Waals surface area (Å²) in [6.45, 7) is 4.51. The molecule has 4 rings (SSSR count). The van der Waals surface area contributed by atoms with E-state index < -0.39 is 0 Å². The Morgan fingerprint density at radius 1 is 1.13 bits per heavy atom. The summed E-state index contributed by atoms with van der Waals surface area (Å²) >= 11 is 1.08. The molecule has 8 nitrogen and oxygen atoms in total. The third-order valence-corrected chi connectivity index (χ3v) is 6.24. The van der Waals surface area contributed by atoms with Gasteiger partial charge in [0.15, 0.2) is 0 Å². The lowest BCUT2D eigenvalue weighted by Crippen LogP contribution is -2.38. The van der Waals surface area contributed by atoms with Gasteiger partial charge in [-0.1, -0.05) is 34.8 Å². The van der Waals surface area contributed by atoms with Crippen LogP contribution in [0.5, 0.6) is 0 Å². The predicted octanol–water partition coefficient (Wildman–Crippen LogP) is 2.74. The first-order valence-corrected chi connectivity index (χ1v) is 11.0. The SMILES string of the molecule is Cc1nnsc1C(=O)N(C)Cc1nc(C)c2c(n1)N(CCc1ccccc1)C(=O)CC2. The van der Waals surface area contributed by atoms with Crippen molar-refractivity contribution in [3.63, 3.8) is 0 Å². The Morgan fingerprint density at radius 3 is 2.61 bits per heavy atom. The molecule has 0 bridgehead atoms. The van der Waals surface area contributed by atoms with Crippen molar-refractivity contribution < 1.29 is 9.59 Å². The average Bonchev–Trinajstić information content (AvgIpc) is 3.19. The molecule has 0 radical (unpaired) electrons. The van der Waals surface area contributed by atoms with E-state index in [2.05, 4.69) is 26.7 Å². The summed E-state index contributed by atoms with van der Waals surface area (Å²) < 4.78 is 3.84. The van der Waals surface area contributed by atoms with Crippen LogP contribution in [-0.4, -0.2) is 49.9 Å². The van der Waals surface area contributed by atoms with Crippen LogP contribution in [0.4, 0.5) is 5.82 Å². The number of amides is 2. The van der Waals surface area contributed by atoms with E-state index >= 15 is 0 Å². The minimum Gasteiger partial charge on any atom is -0.333 e. The Balaban J connectivity index is 1.57. The maximum atomic E-state index is 12.7. The molecule has 9 heteroatoms. The molecule has 1 aliphatic rings. The Kier molecular flexibility index (Phi) is 6.03. The van der Waals surface area contributed by atoms with Crippen LogP contribution < -0.4 is 4.90 Å². The van der Waals surface area contributed by atoms with Gasteiger partial charge in [0.25, 0.3) is 5.91 Å². The van der Waals surface area contributed by atoms with Gasteiger partial charge in [0, 0.05) is 31.3 Å². The Morgan fingerprint density at radius 2 is 1.90 bits per heavy atom. The zero-order valence-corrected chi connectivity index (χ0v) is 18.6. The highest BCUT2D eigenvalue weighted by molar-refractivity contribution is 7.07. The van der Waals surface area contributed by atoms with Crippen molar-refractivity contribution in [2.45, 2.75) is 39.7 Å². The minimum absolute atomic E-state index is 0.0725. The van der Waals surface area contributed by atoms with Crippen LogP contribution in [0.15, 0.2) is 30.3 Å². The van der Waals surface area contributed by atoms with Crippen LogP contribution in [0.1, 0.15) is 44.4 Å². The first-order valence-electron chi connectivity index (χ1n) is 10.2. The number of anilines is 1. The van der Waals surface area contributed by atoms with E-state index in [9.17, 15) is 9.59 Å². The zero-order valence-electron chi connectivity index (χ0n) is 17.8. The average molecular weight is 437 g/mol. The Bertz CT molecular complexity index is 1110. The first kappa shape index (κ1) is 21.0. The number of benzene rings is 1. The second kappa shape index (κ2) is 8.89. The molecule has 0 saturated carbocycles. The summed E-state index contributed by atoms with van der Waals surface area (Å²) in [5.74, 6) is 1.10. The number of fused-ring (bicyclic) bond motifs is 1. The van der Waals surface area contributed by atoms with Gasteiger partial charge in [0.2, 0.25) is 5.91 Å². The van der Waals surface area contributed by atoms with Crippen molar-refractivity contribution in [2.24, 2.45) is 0 Å². The normalized spacial score (nSPS) is 13.3. The van der Waals surface area contributed by atoms with Crippen molar-refractivity contribution in [2.75, 3.05) is 18.5 Å². The van der Waals surface area contributed by atoms with Gasteiger partial charge in [-0.25, -0.2) is 9.97 Å². The molecule has 160 valence electrons. The van der Waals surface area contributed by atoms with E-state index in [4.69, 9.17) is 4.98 Å². The quantitative estimate of drug-likeness (QED) is 0.590. The zero-order chi connectivity index (χ0) is 22.0. The highest BCUT2D eigenvalue weighted by atomic mass is 32.1. The summed E-state index contributed by atoms with van der Waals surface area (Å²) in [6, 6.07) is 10.1. The van der Waals surface area contributed by atoms with Gasteiger partial charge in [-0.3, -0.25) is 14.5 Å². The second-order valence-electron chi connectivity index (χ2n) is 7.66. The van der Waals surface area contributed by atoms with Crippen molar-refractivity contribution in [1.29, 1.82) is 0 Å². The van der Waals surface area contributed by atoms with E-state index in [1.54, 1.807) is 23.8 Å². The Hall–Kier alpha value is -3.20. The van der Waals surface area contributed by atoms with Crippen molar-refractivity contribution >= 4 is 29.2 Å². The summed E-state index contributed by atoms with van der Waals surface area (Å²) in [6.07, 6.45) is 1.85. The fourth-order valence-electron chi connectivity index (χ4n) is 3.71. The molecule has 0 atom stereocenters. The van der Waals surface area contributed by atoms with Gasteiger partial charge >= 0.3 is 0 Å². The van der Waals surface area contributed by atoms with Crippen LogP contribution >= 0.6 is 11.5 Å². The van der Waals surface area contributed by atoms with E-state index in [0.29, 0.717) is 41.6 Å². The molecular formula is C22H24N6O2S. The monoisotopic (exact) mass is 436 g/mol. The van der Waals surface area contributed by atoms with Crippen LogP contribution in [0.2, 0.25) is 0 Å². The minimum atomic E-state index is -0.163. The molecule has 31 heavy (non-hydrogen) atoms. The molecule has 3 heterocycles. The first-order chi connectivity index (χ1) is 14.9. The van der Waals surface area contributed by atoms with E-state index in [-0.39, 0.29) is 18.4 Å². The van der Waals surface area contributed by atoms with Gasteiger partial charge < -0.3 is 4.90 Å². The molecule has 0 unspecified atom stereocenters. The fourth-order valence-corrected chi connectivity index (χ4v) is 4.36. The number of aromatic nitrogens is 4. The molecule has 0 fully saturated rings. The lowest BCUT2D eigenvalue weighted by Gasteiger charge is -2.30. The third-order valence-electron chi connectivity index (χ3n) is 5.42. The van der Waals surface area contributed by atoms with Gasteiger partial charge in [0.05, 0.1) is 12.2 Å². The third kappa shape index (κ3) is 4.46. The lowest BCUT2D eigenvalue weighted by atomic mass is 10.0. The Labute approximate surface area is 185 Å². The summed E-state index contributed by atoms with van der Waals surface area (Å²) in [5, 5.41) is 3.91. The molecule has 3 aromatic rings. The molecular weight excluding hydrogens is 412 g/mol. The van der Waals surface area contributed by atoms with Crippen LogP contribution in [0.3, 0.4) is 0 Å². The molecule has 2 amide bonds. The topological polar surface area (TPSA) is 92.2 Å². The number of hydrogen-bond acceptors (Lipinski definition) is 7.